The van der Waals surface area contributed by atoms with Crippen molar-refractivity contribution in [3.63, 3.8) is 0 Å². The van der Waals surface area contributed by atoms with Crippen LogP contribution in [0.4, 0.5) is 10.6 Å². The van der Waals surface area contributed by atoms with Crippen LogP contribution in [0.3, 0.4) is 0 Å². The first kappa shape index (κ1) is 17.6. The van der Waals surface area contributed by atoms with E-state index in [1.54, 1.807) is 0 Å². The van der Waals surface area contributed by atoms with E-state index < -0.39 is 5.60 Å². The van der Waals surface area contributed by atoms with Gasteiger partial charge in [-0.15, -0.1) is 0 Å². The van der Waals surface area contributed by atoms with Gasteiger partial charge in [0, 0.05) is 19.3 Å². The second-order valence-electron chi connectivity index (χ2n) is 7.09. The first-order chi connectivity index (χ1) is 10.9. The molecule has 1 aromatic heterocycles. The van der Waals surface area contributed by atoms with Crippen molar-refractivity contribution in [2.75, 3.05) is 18.4 Å². The first-order valence-electron chi connectivity index (χ1n) is 8.60. The minimum Gasteiger partial charge on any atom is -0.444 e. The predicted molar refractivity (Wildman–Crippen MR) is 92.5 cm³/mol. The normalized spacial score (nSPS) is 18.6. The van der Waals surface area contributed by atoms with Crippen LogP contribution in [0.1, 0.15) is 65.0 Å². The molecular weight excluding hydrogens is 290 g/mol. The molecule has 1 aliphatic heterocycles. The van der Waals surface area contributed by atoms with Crippen LogP contribution >= 0.6 is 0 Å². The standard InChI is InChI=1S/C18H29N3O2/c1-5-11-19-16-10-9-14(13-20-16)15-8-6-7-12-21(15)17(22)23-18(2,3)4/h9-10,13,15H,5-8,11-12H2,1-4H3,(H,19,20). The lowest BCUT2D eigenvalue weighted by atomic mass is 9.97. The number of nitrogens with one attached hydrogen (secondary N) is 1. The molecule has 2 rings (SSSR count). The summed E-state index contributed by atoms with van der Waals surface area (Å²) in [7, 11) is 0. The van der Waals surface area contributed by atoms with Crippen LogP contribution in [0, 0.1) is 0 Å². The summed E-state index contributed by atoms with van der Waals surface area (Å²) in [5.74, 6) is 0.884. The Balaban J connectivity index is 2.09. The Kier molecular flexibility index (Phi) is 5.85. The molecule has 1 atom stereocenters. The average molecular weight is 319 g/mol. The number of rotatable bonds is 4. The molecule has 5 heteroatoms. The number of carbonyl (C=O) groups is 1. The SMILES string of the molecule is CCCNc1ccc(C2CCCCN2C(=O)OC(C)(C)C)cn1. The van der Waals surface area contributed by atoms with E-state index in [0.29, 0.717) is 0 Å². The number of carbonyl (C=O) groups excluding carboxylic acids is 1. The van der Waals surface area contributed by atoms with E-state index in [0.717, 1.165) is 50.2 Å². The van der Waals surface area contributed by atoms with Gasteiger partial charge in [-0.25, -0.2) is 9.78 Å². The van der Waals surface area contributed by atoms with E-state index in [4.69, 9.17) is 4.74 Å². The molecule has 0 saturated carbocycles. The van der Waals surface area contributed by atoms with Crippen molar-refractivity contribution in [1.82, 2.24) is 9.88 Å². The molecule has 1 aromatic rings. The molecule has 1 saturated heterocycles. The van der Waals surface area contributed by atoms with Crippen LogP contribution < -0.4 is 5.32 Å². The molecule has 5 nitrogen and oxygen atoms in total. The van der Waals surface area contributed by atoms with Crippen molar-refractivity contribution in [2.45, 2.75) is 65.0 Å². The lowest BCUT2D eigenvalue weighted by Crippen LogP contribution is -2.41. The van der Waals surface area contributed by atoms with E-state index >= 15 is 0 Å². The molecule has 0 spiro atoms. The Morgan fingerprint density at radius 1 is 1.39 bits per heavy atom. The summed E-state index contributed by atoms with van der Waals surface area (Å²) in [5, 5.41) is 3.27. The molecule has 2 heterocycles. The van der Waals surface area contributed by atoms with Gasteiger partial charge in [0.25, 0.3) is 0 Å². The highest BCUT2D eigenvalue weighted by atomic mass is 16.6. The van der Waals surface area contributed by atoms with Gasteiger partial charge in [-0.05, 0) is 58.1 Å². The molecule has 1 N–H and O–H groups in total. The maximum absolute atomic E-state index is 12.5. The Labute approximate surface area is 139 Å². The summed E-state index contributed by atoms with van der Waals surface area (Å²) in [5.41, 5.74) is 0.614. The molecular formula is C18H29N3O2. The zero-order valence-corrected chi connectivity index (χ0v) is 14.8. The number of hydrogen-bond acceptors (Lipinski definition) is 4. The fourth-order valence-electron chi connectivity index (χ4n) is 2.78. The molecule has 23 heavy (non-hydrogen) atoms. The van der Waals surface area contributed by atoms with E-state index in [1.807, 2.05) is 37.9 Å². The number of hydrogen-bond donors (Lipinski definition) is 1. The largest absolute Gasteiger partial charge is 0.444 e. The van der Waals surface area contributed by atoms with E-state index in [1.165, 1.54) is 0 Å². The fourth-order valence-corrected chi connectivity index (χ4v) is 2.78. The van der Waals surface area contributed by atoms with Crippen LogP contribution in [-0.4, -0.2) is 34.7 Å². The summed E-state index contributed by atoms with van der Waals surface area (Å²) in [6.07, 6.45) is 5.83. The topological polar surface area (TPSA) is 54.5 Å². The van der Waals surface area contributed by atoms with Gasteiger partial charge in [0.1, 0.15) is 11.4 Å². The van der Waals surface area contributed by atoms with Crippen LogP contribution in [0.5, 0.6) is 0 Å². The van der Waals surface area contributed by atoms with E-state index in [2.05, 4.69) is 23.3 Å². The molecule has 128 valence electrons. The molecule has 0 aliphatic carbocycles. The molecule has 1 aliphatic rings. The highest BCUT2D eigenvalue weighted by Crippen LogP contribution is 2.32. The smallest absolute Gasteiger partial charge is 0.410 e. The van der Waals surface area contributed by atoms with Gasteiger partial charge in [-0.2, -0.15) is 0 Å². The number of pyridine rings is 1. The van der Waals surface area contributed by atoms with Crippen molar-refractivity contribution in [3.05, 3.63) is 23.9 Å². The third kappa shape index (κ3) is 5.12. The molecule has 1 amide bonds. The minimum atomic E-state index is -0.467. The quantitative estimate of drug-likeness (QED) is 0.895. The van der Waals surface area contributed by atoms with Gasteiger partial charge < -0.3 is 15.0 Å². The number of piperidine rings is 1. The maximum Gasteiger partial charge on any atom is 0.410 e. The molecule has 0 bridgehead atoms. The summed E-state index contributed by atoms with van der Waals surface area (Å²) in [6.45, 7) is 9.50. The van der Waals surface area contributed by atoms with Gasteiger partial charge in [-0.3, -0.25) is 0 Å². The minimum absolute atomic E-state index is 0.0614. The lowest BCUT2D eigenvalue weighted by molar-refractivity contribution is 0.00948. The summed E-state index contributed by atoms with van der Waals surface area (Å²) in [6, 6.07) is 4.12. The van der Waals surface area contributed by atoms with Gasteiger partial charge in [0.2, 0.25) is 0 Å². The third-order valence-electron chi connectivity index (χ3n) is 3.86. The maximum atomic E-state index is 12.5. The van der Waals surface area contributed by atoms with Crippen molar-refractivity contribution in [3.8, 4) is 0 Å². The van der Waals surface area contributed by atoms with Gasteiger partial charge in [0.05, 0.1) is 6.04 Å². The van der Waals surface area contributed by atoms with Crippen molar-refractivity contribution in [1.29, 1.82) is 0 Å². The zero-order chi connectivity index (χ0) is 16.9. The zero-order valence-electron chi connectivity index (χ0n) is 14.8. The van der Waals surface area contributed by atoms with Crippen LogP contribution in [0.15, 0.2) is 18.3 Å². The van der Waals surface area contributed by atoms with Crippen molar-refractivity contribution < 1.29 is 9.53 Å². The van der Waals surface area contributed by atoms with Gasteiger partial charge in [-0.1, -0.05) is 13.0 Å². The Bertz CT molecular complexity index is 508. The van der Waals surface area contributed by atoms with Crippen LogP contribution in [0.25, 0.3) is 0 Å². The highest BCUT2D eigenvalue weighted by molar-refractivity contribution is 5.69. The predicted octanol–water partition coefficient (Wildman–Crippen LogP) is 4.37. The molecule has 1 fully saturated rings. The first-order valence-corrected chi connectivity index (χ1v) is 8.60. The number of nitrogens with zero attached hydrogens (tertiary/aromatic N) is 2. The number of amides is 1. The van der Waals surface area contributed by atoms with Crippen molar-refractivity contribution >= 4 is 11.9 Å². The van der Waals surface area contributed by atoms with E-state index in [9.17, 15) is 4.79 Å². The molecule has 0 radical (unpaired) electrons. The number of likely N-dealkylation sites (tertiary alicyclic amines) is 1. The second-order valence-corrected chi connectivity index (χ2v) is 7.09. The summed E-state index contributed by atoms with van der Waals surface area (Å²) in [4.78, 5) is 18.8. The lowest BCUT2D eigenvalue weighted by Gasteiger charge is -2.36. The number of anilines is 1. The highest BCUT2D eigenvalue weighted by Gasteiger charge is 2.31. The van der Waals surface area contributed by atoms with Crippen LogP contribution in [-0.2, 0) is 4.74 Å². The molecule has 0 aromatic carbocycles. The fraction of sp³-hybridized carbons (Fsp3) is 0.667. The average Bonchev–Trinajstić information content (AvgIpc) is 2.52. The summed E-state index contributed by atoms with van der Waals surface area (Å²) < 4.78 is 5.56. The Hall–Kier alpha value is -1.78. The van der Waals surface area contributed by atoms with Gasteiger partial charge >= 0.3 is 6.09 Å². The second kappa shape index (κ2) is 7.66. The van der Waals surface area contributed by atoms with Gasteiger partial charge in [0.15, 0.2) is 0 Å². The number of ether oxygens (including phenoxy) is 1. The Morgan fingerprint density at radius 2 is 2.17 bits per heavy atom. The Morgan fingerprint density at radius 3 is 2.78 bits per heavy atom. The van der Waals surface area contributed by atoms with Crippen LogP contribution in [0.2, 0.25) is 0 Å². The number of aromatic nitrogens is 1. The van der Waals surface area contributed by atoms with Crippen molar-refractivity contribution in [2.24, 2.45) is 0 Å². The third-order valence-corrected chi connectivity index (χ3v) is 3.86. The monoisotopic (exact) mass is 319 g/mol. The molecule has 1 unspecified atom stereocenters. The summed E-state index contributed by atoms with van der Waals surface area (Å²) >= 11 is 0. The van der Waals surface area contributed by atoms with E-state index in [-0.39, 0.29) is 12.1 Å².